The van der Waals surface area contributed by atoms with Crippen LogP contribution in [0.15, 0.2) is 10.2 Å². The molecule has 1 aliphatic carbocycles. The third-order valence-electron chi connectivity index (χ3n) is 1.35. The summed E-state index contributed by atoms with van der Waals surface area (Å²) in [5.41, 5.74) is 0. The van der Waals surface area contributed by atoms with Crippen LogP contribution in [-0.2, 0) is 0 Å². The molecule has 0 N–H and O–H groups in total. The average molecular weight is 215 g/mol. The minimum Gasteiger partial charge on any atom is -0.875 e. The predicted octanol–water partition coefficient (Wildman–Crippen LogP) is -1.47. The Labute approximate surface area is 106 Å². The zero-order valence-electron chi connectivity index (χ0n) is 5.61. The molecule has 0 aromatic carbocycles. The summed E-state index contributed by atoms with van der Waals surface area (Å²) in [6.45, 7) is 0. The molecule has 1 aliphatic rings. The van der Waals surface area contributed by atoms with E-state index >= 15 is 0 Å². The number of hydrogen-bond donors (Lipinski definition) is 0. The van der Waals surface area contributed by atoms with Gasteiger partial charge >= 0.3 is 51.4 Å². The molecule has 0 saturated carbocycles. The van der Waals surface area contributed by atoms with Crippen molar-refractivity contribution in [2.24, 2.45) is 0 Å². The van der Waals surface area contributed by atoms with E-state index in [-0.39, 0.29) is 51.4 Å². The van der Waals surface area contributed by atoms with Gasteiger partial charge in [-0.25, -0.2) is 0 Å². The number of rotatable bonds is 0. The molecule has 0 heterocycles. The van der Waals surface area contributed by atoms with Gasteiger partial charge in [0.25, 0.3) is 0 Å². The summed E-state index contributed by atoms with van der Waals surface area (Å²) in [6, 6.07) is 0. The zero-order chi connectivity index (χ0) is 5.98. The van der Waals surface area contributed by atoms with E-state index in [1.165, 1.54) is 6.42 Å². The van der Waals surface area contributed by atoms with Gasteiger partial charge in [0.2, 0.25) is 0 Å². The van der Waals surface area contributed by atoms with Crippen molar-refractivity contribution in [1.82, 2.24) is 0 Å². The Bertz CT molecular complexity index is 108. The smallest absolute Gasteiger partial charge is 0.875 e. The first-order valence-corrected chi connectivity index (χ1v) is 3.64. The van der Waals surface area contributed by atoms with Crippen molar-refractivity contribution in [2.45, 2.75) is 25.7 Å². The van der Waals surface area contributed by atoms with Crippen molar-refractivity contribution in [3.63, 3.8) is 0 Å². The van der Waals surface area contributed by atoms with Crippen LogP contribution in [0.25, 0.3) is 0 Å². The van der Waals surface area contributed by atoms with E-state index in [4.69, 9.17) is 0 Å². The minimum absolute atomic E-state index is 0. The van der Waals surface area contributed by atoms with Crippen molar-refractivity contribution in [3.8, 4) is 0 Å². The fraction of sp³-hybridized carbons (Fsp3) is 0.667. The Morgan fingerprint density at radius 1 is 1.22 bits per heavy atom. The molecule has 0 spiro atoms. The Morgan fingerprint density at radius 3 is 2.11 bits per heavy atom. The molecule has 0 unspecified atom stereocenters. The molecule has 0 fully saturated rings. The van der Waals surface area contributed by atoms with Crippen molar-refractivity contribution in [3.05, 3.63) is 10.2 Å². The van der Waals surface area contributed by atoms with Crippen LogP contribution in [0.4, 0.5) is 0 Å². The van der Waals surface area contributed by atoms with Gasteiger partial charge in [0, 0.05) is 0 Å². The molecule has 1 nitrogen and oxygen atoms in total. The molecule has 0 atom stereocenters. The quantitative estimate of drug-likeness (QED) is 0.452. The molecular formula is C6H8BrKO. The first kappa shape index (κ1) is 10.7. The van der Waals surface area contributed by atoms with Gasteiger partial charge in [-0.1, -0.05) is 22.4 Å². The molecule has 0 aliphatic heterocycles. The van der Waals surface area contributed by atoms with Crippen molar-refractivity contribution in [2.75, 3.05) is 0 Å². The second-order valence-corrected chi connectivity index (χ2v) is 2.99. The van der Waals surface area contributed by atoms with Crippen LogP contribution < -0.4 is 56.5 Å². The molecule has 46 valence electrons. The summed E-state index contributed by atoms with van der Waals surface area (Å²) in [6.07, 6.45) is 3.96. The fourth-order valence-electron chi connectivity index (χ4n) is 0.841. The van der Waals surface area contributed by atoms with Gasteiger partial charge in [-0.2, -0.15) is 0 Å². The Balaban J connectivity index is 0.000000640. The summed E-state index contributed by atoms with van der Waals surface area (Å²) in [7, 11) is 0. The largest absolute Gasteiger partial charge is 1.00 e. The Hall–Kier alpha value is 1.66. The Morgan fingerprint density at radius 2 is 1.78 bits per heavy atom. The van der Waals surface area contributed by atoms with Crippen LogP contribution in [0.3, 0.4) is 0 Å². The van der Waals surface area contributed by atoms with Crippen molar-refractivity contribution < 1.29 is 56.5 Å². The molecule has 9 heavy (non-hydrogen) atoms. The zero-order valence-corrected chi connectivity index (χ0v) is 10.3. The van der Waals surface area contributed by atoms with E-state index in [0.29, 0.717) is 5.76 Å². The maximum absolute atomic E-state index is 10.7. The molecule has 0 bridgehead atoms. The second-order valence-electron chi connectivity index (χ2n) is 2.04. The van der Waals surface area contributed by atoms with Gasteiger partial charge in [0.15, 0.2) is 0 Å². The van der Waals surface area contributed by atoms with Crippen molar-refractivity contribution >= 4 is 15.9 Å². The standard InChI is InChI=1S/C6H9BrO.K/c7-5-3-1-2-4-6(5)8;/h8H,1-4H2;/q;+1/p-1. The van der Waals surface area contributed by atoms with Crippen LogP contribution in [0.1, 0.15) is 25.7 Å². The van der Waals surface area contributed by atoms with Crippen LogP contribution in [0.2, 0.25) is 0 Å². The summed E-state index contributed by atoms with van der Waals surface area (Å²) in [5, 5.41) is 10.7. The molecule has 0 amide bonds. The van der Waals surface area contributed by atoms with E-state index < -0.39 is 0 Å². The number of halogens is 1. The molecular weight excluding hydrogens is 207 g/mol. The van der Waals surface area contributed by atoms with E-state index in [9.17, 15) is 5.11 Å². The topological polar surface area (TPSA) is 23.1 Å². The molecule has 0 saturated heterocycles. The molecule has 1 rings (SSSR count). The maximum atomic E-state index is 10.7. The van der Waals surface area contributed by atoms with Gasteiger partial charge in [0.05, 0.1) is 0 Å². The van der Waals surface area contributed by atoms with Crippen LogP contribution in [0, 0.1) is 0 Å². The van der Waals surface area contributed by atoms with Gasteiger partial charge in [-0.15, -0.1) is 5.76 Å². The van der Waals surface area contributed by atoms with Gasteiger partial charge < -0.3 is 5.11 Å². The average Bonchev–Trinajstić information content (AvgIpc) is 1.77. The predicted molar refractivity (Wildman–Crippen MR) is 34.4 cm³/mol. The minimum atomic E-state index is 0. The summed E-state index contributed by atoms with van der Waals surface area (Å²) in [4.78, 5) is 0. The van der Waals surface area contributed by atoms with E-state index in [2.05, 4.69) is 15.9 Å². The van der Waals surface area contributed by atoms with Crippen LogP contribution >= 0.6 is 15.9 Å². The monoisotopic (exact) mass is 214 g/mol. The van der Waals surface area contributed by atoms with Gasteiger partial charge in [-0.3, -0.25) is 0 Å². The first-order chi connectivity index (χ1) is 3.80. The third kappa shape index (κ3) is 3.53. The number of hydrogen-bond acceptors (Lipinski definition) is 1. The Kier molecular flexibility index (Phi) is 6.31. The van der Waals surface area contributed by atoms with E-state index in [0.717, 1.165) is 23.7 Å². The van der Waals surface area contributed by atoms with E-state index in [1.54, 1.807) is 0 Å². The second kappa shape index (κ2) is 5.33. The summed E-state index contributed by atoms with van der Waals surface area (Å²) < 4.78 is 0.892. The number of allylic oxidation sites excluding steroid dienone is 2. The molecule has 0 radical (unpaired) electrons. The molecule has 0 aromatic heterocycles. The van der Waals surface area contributed by atoms with Crippen molar-refractivity contribution in [1.29, 1.82) is 0 Å². The molecule has 0 aromatic rings. The normalized spacial score (nSPS) is 19.2. The van der Waals surface area contributed by atoms with Gasteiger partial charge in [-0.05, 0) is 23.7 Å². The van der Waals surface area contributed by atoms with Crippen LogP contribution in [0.5, 0.6) is 0 Å². The molecule has 3 heteroatoms. The fourth-order valence-corrected chi connectivity index (χ4v) is 1.32. The maximum Gasteiger partial charge on any atom is 1.00 e. The summed E-state index contributed by atoms with van der Waals surface area (Å²) in [5.74, 6) is 0.302. The van der Waals surface area contributed by atoms with Crippen LogP contribution in [-0.4, -0.2) is 0 Å². The SMILES string of the molecule is [K+].[O-]C1=C(Br)CCCC1. The third-order valence-corrected chi connectivity index (χ3v) is 2.19. The van der Waals surface area contributed by atoms with E-state index in [1.807, 2.05) is 0 Å². The summed E-state index contributed by atoms with van der Waals surface area (Å²) >= 11 is 3.22. The van der Waals surface area contributed by atoms with Gasteiger partial charge in [0.1, 0.15) is 0 Å². The first-order valence-electron chi connectivity index (χ1n) is 2.85.